The highest BCUT2D eigenvalue weighted by atomic mass is 32.1. The van der Waals surface area contributed by atoms with Gasteiger partial charge in [0.15, 0.2) is 5.11 Å². The van der Waals surface area contributed by atoms with Crippen LogP contribution in [-0.2, 0) is 0 Å². The van der Waals surface area contributed by atoms with E-state index in [0.717, 1.165) is 17.0 Å². The fourth-order valence-corrected chi connectivity index (χ4v) is 2.33. The van der Waals surface area contributed by atoms with Gasteiger partial charge in [0.2, 0.25) is 0 Å². The van der Waals surface area contributed by atoms with E-state index in [9.17, 15) is 0 Å². The Morgan fingerprint density at radius 2 is 1.76 bits per heavy atom. The van der Waals surface area contributed by atoms with Crippen LogP contribution < -0.4 is 15.4 Å². The largest absolute Gasteiger partial charge is 0.497 e. The quantitative estimate of drug-likeness (QED) is 0.835. The van der Waals surface area contributed by atoms with E-state index in [1.165, 1.54) is 5.56 Å². The van der Waals surface area contributed by atoms with Crippen molar-refractivity contribution in [3.8, 4) is 5.75 Å². The molecule has 2 N–H and O–H groups in total. The van der Waals surface area contributed by atoms with Crippen LogP contribution in [0.3, 0.4) is 0 Å². The molecule has 0 radical (unpaired) electrons. The van der Waals surface area contributed by atoms with Gasteiger partial charge < -0.3 is 15.4 Å². The molecule has 0 aliphatic rings. The predicted octanol–water partition coefficient (Wildman–Crippen LogP) is 4.05. The highest BCUT2D eigenvalue weighted by Crippen LogP contribution is 2.18. The molecule has 0 aliphatic carbocycles. The van der Waals surface area contributed by atoms with Crippen molar-refractivity contribution in [2.45, 2.75) is 19.9 Å². The lowest BCUT2D eigenvalue weighted by atomic mass is 10.1. The Morgan fingerprint density at radius 1 is 1.10 bits per heavy atom. The number of aryl methyl sites for hydroxylation is 1. The van der Waals surface area contributed by atoms with Crippen LogP contribution in [0.5, 0.6) is 5.75 Å². The summed E-state index contributed by atoms with van der Waals surface area (Å²) in [6, 6.07) is 16.2. The molecule has 0 heterocycles. The highest BCUT2D eigenvalue weighted by molar-refractivity contribution is 7.80. The average Bonchev–Trinajstić information content (AvgIpc) is 2.49. The first kappa shape index (κ1) is 15.3. The zero-order chi connectivity index (χ0) is 15.2. The lowest BCUT2D eigenvalue weighted by Crippen LogP contribution is -2.31. The van der Waals surface area contributed by atoms with Crippen molar-refractivity contribution < 1.29 is 4.74 Å². The summed E-state index contributed by atoms with van der Waals surface area (Å²) in [5.41, 5.74) is 3.35. The molecule has 1 atom stereocenters. The van der Waals surface area contributed by atoms with E-state index in [1.807, 2.05) is 42.5 Å². The highest BCUT2D eigenvalue weighted by Gasteiger charge is 2.08. The lowest BCUT2D eigenvalue weighted by Gasteiger charge is -2.18. The van der Waals surface area contributed by atoms with E-state index in [2.05, 4.69) is 30.5 Å². The lowest BCUT2D eigenvalue weighted by molar-refractivity contribution is 0.414. The van der Waals surface area contributed by atoms with Gasteiger partial charge in [0.25, 0.3) is 0 Å². The maximum absolute atomic E-state index is 5.37. The van der Waals surface area contributed by atoms with Crippen molar-refractivity contribution in [2.75, 3.05) is 12.4 Å². The molecule has 0 amide bonds. The Labute approximate surface area is 131 Å². The average molecular weight is 300 g/mol. The fourth-order valence-electron chi connectivity index (χ4n) is 2.04. The molecule has 21 heavy (non-hydrogen) atoms. The first-order valence-corrected chi connectivity index (χ1v) is 7.28. The van der Waals surface area contributed by atoms with Crippen LogP contribution in [-0.4, -0.2) is 12.2 Å². The fraction of sp³-hybridized carbons (Fsp3) is 0.235. The van der Waals surface area contributed by atoms with Gasteiger partial charge in [-0.3, -0.25) is 0 Å². The van der Waals surface area contributed by atoms with Crippen molar-refractivity contribution in [2.24, 2.45) is 0 Å². The van der Waals surface area contributed by atoms with Gasteiger partial charge in [-0.15, -0.1) is 0 Å². The van der Waals surface area contributed by atoms with Crippen molar-refractivity contribution in [1.82, 2.24) is 5.32 Å². The summed E-state index contributed by atoms with van der Waals surface area (Å²) in [6.45, 7) is 4.13. The molecule has 2 rings (SSSR count). The van der Waals surface area contributed by atoms with Gasteiger partial charge in [-0.1, -0.05) is 30.3 Å². The Balaban J connectivity index is 1.97. The molecule has 0 bridgehead atoms. The molecule has 1 unspecified atom stereocenters. The molecule has 0 saturated heterocycles. The molecule has 2 aromatic rings. The number of anilines is 1. The summed E-state index contributed by atoms with van der Waals surface area (Å²) in [5, 5.41) is 7.14. The molecule has 3 nitrogen and oxygen atoms in total. The zero-order valence-electron chi connectivity index (χ0n) is 12.5. The number of methoxy groups -OCH3 is 1. The molecule has 0 aromatic heterocycles. The first-order chi connectivity index (χ1) is 10.1. The number of hydrogen-bond donors (Lipinski definition) is 2. The standard InChI is InChI=1S/C17H20N2OS/c1-12-6-4-5-7-16(12)19-17(21)18-13(2)14-8-10-15(20-3)11-9-14/h4-11,13H,1-3H3,(H2,18,19,21). The summed E-state index contributed by atoms with van der Waals surface area (Å²) in [6.07, 6.45) is 0. The Kier molecular flexibility index (Phi) is 5.17. The number of benzene rings is 2. The summed E-state index contributed by atoms with van der Waals surface area (Å²) in [5.74, 6) is 0.853. The van der Waals surface area contributed by atoms with Gasteiger partial charge in [0.05, 0.1) is 13.2 Å². The minimum Gasteiger partial charge on any atom is -0.497 e. The molecule has 0 fully saturated rings. The monoisotopic (exact) mass is 300 g/mol. The smallest absolute Gasteiger partial charge is 0.171 e. The molecule has 0 spiro atoms. The van der Waals surface area contributed by atoms with Crippen molar-refractivity contribution in [1.29, 1.82) is 0 Å². The molecule has 4 heteroatoms. The van der Waals surface area contributed by atoms with E-state index >= 15 is 0 Å². The third-order valence-corrected chi connectivity index (χ3v) is 3.58. The first-order valence-electron chi connectivity index (χ1n) is 6.87. The molecule has 0 aliphatic heterocycles. The second-order valence-electron chi connectivity index (χ2n) is 4.91. The molecule has 0 saturated carbocycles. The zero-order valence-corrected chi connectivity index (χ0v) is 13.3. The van der Waals surface area contributed by atoms with E-state index < -0.39 is 0 Å². The number of ether oxygens (including phenoxy) is 1. The Bertz CT molecular complexity index is 610. The molecule has 110 valence electrons. The molecular weight excluding hydrogens is 280 g/mol. The van der Waals surface area contributed by atoms with Crippen LogP contribution >= 0.6 is 12.2 Å². The number of para-hydroxylation sites is 1. The third-order valence-electron chi connectivity index (χ3n) is 3.36. The van der Waals surface area contributed by atoms with Crippen molar-refractivity contribution in [3.05, 3.63) is 59.7 Å². The third kappa shape index (κ3) is 4.20. The Morgan fingerprint density at radius 3 is 2.38 bits per heavy atom. The normalized spacial score (nSPS) is 11.6. The van der Waals surface area contributed by atoms with E-state index in [4.69, 9.17) is 17.0 Å². The number of hydrogen-bond acceptors (Lipinski definition) is 2. The van der Waals surface area contributed by atoms with Gasteiger partial charge in [-0.25, -0.2) is 0 Å². The van der Waals surface area contributed by atoms with Crippen molar-refractivity contribution in [3.63, 3.8) is 0 Å². The van der Waals surface area contributed by atoms with Crippen LogP contribution in [0.15, 0.2) is 48.5 Å². The van der Waals surface area contributed by atoms with Gasteiger partial charge in [-0.05, 0) is 55.4 Å². The topological polar surface area (TPSA) is 33.3 Å². The summed E-state index contributed by atoms with van der Waals surface area (Å²) in [7, 11) is 1.66. The summed E-state index contributed by atoms with van der Waals surface area (Å²) >= 11 is 5.37. The van der Waals surface area contributed by atoms with Crippen LogP contribution in [0.2, 0.25) is 0 Å². The predicted molar refractivity (Wildman–Crippen MR) is 91.9 cm³/mol. The van der Waals surface area contributed by atoms with E-state index in [1.54, 1.807) is 7.11 Å². The Hall–Kier alpha value is -2.07. The second-order valence-corrected chi connectivity index (χ2v) is 5.32. The minimum atomic E-state index is 0.125. The molecular formula is C17H20N2OS. The second kappa shape index (κ2) is 7.09. The number of nitrogens with one attached hydrogen (secondary N) is 2. The van der Waals surface area contributed by atoms with Crippen LogP contribution in [0.1, 0.15) is 24.1 Å². The van der Waals surface area contributed by atoms with E-state index in [0.29, 0.717) is 5.11 Å². The molecule has 2 aromatic carbocycles. The minimum absolute atomic E-state index is 0.125. The van der Waals surface area contributed by atoms with Gasteiger partial charge in [0, 0.05) is 5.69 Å². The van der Waals surface area contributed by atoms with Crippen LogP contribution in [0, 0.1) is 6.92 Å². The SMILES string of the molecule is COc1ccc(C(C)NC(=S)Nc2ccccc2C)cc1. The number of thiocarbonyl (C=S) groups is 1. The van der Waals surface area contributed by atoms with E-state index in [-0.39, 0.29) is 6.04 Å². The van der Waals surface area contributed by atoms with Gasteiger partial charge in [-0.2, -0.15) is 0 Å². The maximum Gasteiger partial charge on any atom is 0.171 e. The number of rotatable bonds is 4. The summed E-state index contributed by atoms with van der Waals surface area (Å²) in [4.78, 5) is 0. The van der Waals surface area contributed by atoms with Crippen LogP contribution in [0.4, 0.5) is 5.69 Å². The van der Waals surface area contributed by atoms with Gasteiger partial charge >= 0.3 is 0 Å². The van der Waals surface area contributed by atoms with Gasteiger partial charge in [0.1, 0.15) is 5.75 Å². The maximum atomic E-state index is 5.37. The van der Waals surface area contributed by atoms with Crippen LogP contribution in [0.25, 0.3) is 0 Å². The summed E-state index contributed by atoms with van der Waals surface area (Å²) < 4.78 is 5.16. The van der Waals surface area contributed by atoms with Crippen molar-refractivity contribution >= 4 is 23.0 Å².